The molecular weight excluding hydrogens is 234 g/mol. The number of rotatable bonds is 6. The fourth-order valence-electron chi connectivity index (χ4n) is 2.25. The maximum absolute atomic E-state index is 12.9. The molecule has 0 heterocycles. The van der Waals surface area contributed by atoms with Gasteiger partial charge in [0.2, 0.25) is 0 Å². The van der Waals surface area contributed by atoms with Gasteiger partial charge < -0.3 is 9.85 Å². The van der Waals surface area contributed by atoms with Crippen LogP contribution in [0.5, 0.6) is 0 Å². The van der Waals surface area contributed by atoms with Crippen molar-refractivity contribution in [3.8, 4) is 0 Å². The monoisotopic (exact) mass is 253 g/mol. The minimum Gasteiger partial charge on any atom is -0.632 e. The fraction of sp³-hybridized carbons (Fsp3) is 0.176. The van der Waals surface area contributed by atoms with Gasteiger partial charge in [0.25, 0.3) is 0 Å². The normalized spacial score (nSPS) is 11.2. The number of quaternary nitrogens is 1. The standard InChI is InChI=1S/C17H19NO/c1-2-13-18(19,14-16-9-5-3-6-10-16)15-17-11-7-4-8-12-17/h2-12H,1,13-15H2. The predicted molar refractivity (Wildman–Crippen MR) is 79.0 cm³/mol. The summed E-state index contributed by atoms with van der Waals surface area (Å²) in [5.41, 5.74) is 2.13. The first-order valence-corrected chi connectivity index (χ1v) is 6.48. The summed E-state index contributed by atoms with van der Waals surface area (Å²) in [6.45, 7) is 5.08. The number of hydrogen-bond donors (Lipinski definition) is 0. The van der Waals surface area contributed by atoms with E-state index in [1.165, 1.54) is 0 Å². The van der Waals surface area contributed by atoms with E-state index in [1.54, 1.807) is 6.08 Å². The van der Waals surface area contributed by atoms with Gasteiger partial charge in [0, 0.05) is 11.1 Å². The molecule has 19 heavy (non-hydrogen) atoms. The predicted octanol–water partition coefficient (Wildman–Crippen LogP) is 3.89. The molecule has 0 bridgehead atoms. The van der Waals surface area contributed by atoms with Crippen LogP contribution in [0.2, 0.25) is 0 Å². The summed E-state index contributed by atoms with van der Waals surface area (Å²) in [6, 6.07) is 19.8. The van der Waals surface area contributed by atoms with Crippen LogP contribution < -0.4 is 0 Å². The number of hydroxylamine groups is 3. The average Bonchev–Trinajstić information content (AvgIpc) is 2.41. The molecule has 0 amide bonds. The Morgan fingerprint density at radius 1 is 0.842 bits per heavy atom. The van der Waals surface area contributed by atoms with Gasteiger partial charge in [-0.15, -0.1) is 0 Å². The molecule has 0 saturated heterocycles. The van der Waals surface area contributed by atoms with Crippen molar-refractivity contribution < 1.29 is 4.65 Å². The summed E-state index contributed by atoms with van der Waals surface area (Å²) in [4.78, 5) is 0. The SMILES string of the molecule is C=CC[N+]([O-])(Cc1ccccc1)Cc1ccccc1. The first-order valence-electron chi connectivity index (χ1n) is 6.48. The Morgan fingerprint density at radius 3 is 1.63 bits per heavy atom. The van der Waals surface area contributed by atoms with E-state index in [0.717, 1.165) is 11.1 Å². The quantitative estimate of drug-likeness (QED) is 0.435. The third kappa shape index (κ3) is 4.05. The molecule has 2 heteroatoms. The Morgan fingerprint density at radius 2 is 1.26 bits per heavy atom. The van der Waals surface area contributed by atoms with Gasteiger partial charge in [-0.25, -0.2) is 0 Å². The summed E-state index contributed by atoms with van der Waals surface area (Å²) in [6.07, 6.45) is 1.71. The first-order chi connectivity index (χ1) is 9.22. The van der Waals surface area contributed by atoms with Gasteiger partial charge in [-0.05, 0) is 6.08 Å². The molecule has 2 nitrogen and oxygen atoms in total. The minimum atomic E-state index is -0.294. The van der Waals surface area contributed by atoms with Crippen molar-refractivity contribution in [2.75, 3.05) is 6.54 Å². The zero-order chi connectivity index (χ0) is 13.6. The molecule has 0 atom stereocenters. The van der Waals surface area contributed by atoms with Crippen molar-refractivity contribution in [3.63, 3.8) is 0 Å². The van der Waals surface area contributed by atoms with Crippen molar-refractivity contribution in [3.05, 3.63) is 89.7 Å². The van der Waals surface area contributed by atoms with Crippen LogP contribution in [0.25, 0.3) is 0 Å². The highest BCUT2D eigenvalue weighted by Gasteiger charge is 2.16. The molecule has 0 aliphatic carbocycles. The largest absolute Gasteiger partial charge is 0.632 e. The molecule has 98 valence electrons. The van der Waals surface area contributed by atoms with Crippen molar-refractivity contribution in [2.45, 2.75) is 13.1 Å². The van der Waals surface area contributed by atoms with Crippen molar-refractivity contribution in [2.24, 2.45) is 0 Å². The third-order valence-electron chi connectivity index (χ3n) is 3.09. The summed E-state index contributed by atoms with van der Waals surface area (Å²) in [7, 11) is 0. The van der Waals surface area contributed by atoms with E-state index in [4.69, 9.17) is 0 Å². The lowest BCUT2D eigenvalue weighted by molar-refractivity contribution is -0.901. The first kappa shape index (κ1) is 13.5. The van der Waals surface area contributed by atoms with E-state index < -0.39 is 0 Å². The Labute approximate surface area is 114 Å². The third-order valence-corrected chi connectivity index (χ3v) is 3.09. The maximum atomic E-state index is 12.9. The molecule has 0 saturated carbocycles. The van der Waals surface area contributed by atoms with Crippen LogP contribution >= 0.6 is 0 Å². The van der Waals surface area contributed by atoms with Crippen LogP contribution in [-0.2, 0) is 13.1 Å². The van der Waals surface area contributed by atoms with E-state index in [1.807, 2.05) is 60.7 Å². The van der Waals surface area contributed by atoms with Crippen LogP contribution in [0.4, 0.5) is 0 Å². The molecular formula is C17H19NO. The molecule has 2 aromatic carbocycles. The van der Waals surface area contributed by atoms with Gasteiger partial charge in [0.05, 0.1) is 6.54 Å². The molecule has 0 aliphatic rings. The molecule has 0 aromatic heterocycles. The van der Waals surface area contributed by atoms with E-state index in [9.17, 15) is 5.21 Å². The highest BCUT2D eigenvalue weighted by atomic mass is 16.5. The molecule has 2 aromatic rings. The van der Waals surface area contributed by atoms with Crippen molar-refractivity contribution >= 4 is 0 Å². The second kappa shape index (κ2) is 6.32. The molecule has 0 N–H and O–H groups in total. The smallest absolute Gasteiger partial charge is 0.105 e. The Hall–Kier alpha value is -1.90. The minimum absolute atomic E-state index is 0.294. The lowest BCUT2D eigenvalue weighted by Gasteiger charge is -2.42. The van der Waals surface area contributed by atoms with Gasteiger partial charge in [-0.3, -0.25) is 0 Å². The number of benzene rings is 2. The molecule has 0 unspecified atom stereocenters. The molecule has 2 rings (SSSR count). The zero-order valence-corrected chi connectivity index (χ0v) is 11.0. The Balaban J connectivity index is 2.15. The summed E-state index contributed by atoms with van der Waals surface area (Å²) in [5, 5.41) is 12.9. The van der Waals surface area contributed by atoms with Crippen LogP contribution in [0.15, 0.2) is 73.3 Å². The van der Waals surface area contributed by atoms with Gasteiger partial charge in [-0.1, -0.05) is 67.2 Å². The van der Waals surface area contributed by atoms with Crippen molar-refractivity contribution in [1.29, 1.82) is 0 Å². The Bertz CT molecular complexity index is 466. The summed E-state index contributed by atoms with van der Waals surface area (Å²) >= 11 is 0. The fourth-order valence-corrected chi connectivity index (χ4v) is 2.25. The zero-order valence-electron chi connectivity index (χ0n) is 11.0. The van der Waals surface area contributed by atoms with Gasteiger partial charge in [0.1, 0.15) is 13.1 Å². The van der Waals surface area contributed by atoms with Gasteiger partial charge >= 0.3 is 0 Å². The van der Waals surface area contributed by atoms with E-state index in [-0.39, 0.29) is 4.65 Å². The van der Waals surface area contributed by atoms with Crippen LogP contribution in [-0.4, -0.2) is 11.2 Å². The summed E-state index contributed by atoms with van der Waals surface area (Å²) < 4.78 is -0.294. The van der Waals surface area contributed by atoms with Crippen LogP contribution in [0.1, 0.15) is 11.1 Å². The molecule has 0 spiro atoms. The second-order valence-corrected chi connectivity index (χ2v) is 4.82. The van der Waals surface area contributed by atoms with Crippen LogP contribution in [0, 0.1) is 5.21 Å². The number of nitrogens with zero attached hydrogens (tertiary/aromatic N) is 1. The topological polar surface area (TPSA) is 23.1 Å². The van der Waals surface area contributed by atoms with E-state index >= 15 is 0 Å². The van der Waals surface area contributed by atoms with Crippen molar-refractivity contribution in [1.82, 2.24) is 0 Å². The lowest BCUT2D eigenvalue weighted by Crippen LogP contribution is -2.40. The highest BCUT2D eigenvalue weighted by molar-refractivity contribution is 5.15. The molecule has 0 fully saturated rings. The lowest BCUT2D eigenvalue weighted by atomic mass is 10.1. The molecule has 0 aliphatic heterocycles. The average molecular weight is 253 g/mol. The summed E-state index contributed by atoms with van der Waals surface area (Å²) in [5.74, 6) is 0. The highest BCUT2D eigenvalue weighted by Crippen LogP contribution is 2.18. The Kier molecular flexibility index (Phi) is 4.50. The van der Waals surface area contributed by atoms with Gasteiger partial charge in [-0.2, -0.15) is 0 Å². The van der Waals surface area contributed by atoms with Crippen LogP contribution in [0.3, 0.4) is 0 Å². The maximum Gasteiger partial charge on any atom is 0.105 e. The number of hydrogen-bond acceptors (Lipinski definition) is 1. The van der Waals surface area contributed by atoms with E-state index in [2.05, 4.69) is 6.58 Å². The van der Waals surface area contributed by atoms with Gasteiger partial charge in [0.15, 0.2) is 0 Å². The molecule has 0 radical (unpaired) electrons. The van der Waals surface area contributed by atoms with E-state index in [0.29, 0.717) is 19.6 Å². The second-order valence-electron chi connectivity index (χ2n) is 4.82.